The standard InChI is InChI=1S/C13H18BrClN2O2S/c1-2-9-3-5-11(6-4-9)17-20(18,19)12-7-10(14)8-16-13(12)15/h7-9,11,17H,2-6H2,1H3. The zero-order chi connectivity index (χ0) is 14.8. The third kappa shape index (κ3) is 3.93. The third-order valence-electron chi connectivity index (χ3n) is 3.81. The van der Waals surface area contributed by atoms with Gasteiger partial charge in [-0.2, -0.15) is 0 Å². The Balaban J connectivity index is 2.10. The van der Waals surface area contributed by atoms with E-state index in [1.54, 1.807) is 0 Å². The molecule has 1 heterocycles. The quantitative estimate of drug-likeness (QED) is 0.808. The van der Waals surface area contributed by atoms with E-state index in [0.29, 0.717) is 4.47 Å². The molecule has 1 aromatic rings. The first-order valence-electron chi connectivity index (χ1n) is 6.75. The van der Waals surface area contributed by atoms with Gasteiger partial charge in [0.2, 0.25) is 10.0 Å². The maximum absolute atomic E-state index is 12.4. The highest BCUT2D eigenvalue weighted by molar-refractivity contribution is 9.10. The Kier molecular flexibility index (Phi) is 5.45. The van der Waals surface area contributed by atoms with Crippen LogP contribution in [-0.2, 0) is 10.0 Å². The van der Waals surface area contributed by atoms with E-state index in [2.05, 4.69) is 32.6 Å². The Bertz CT molecular complexity index is 572. The van der Waals surface area contributed by atoms with Crippen LogP contribution >= 0.6 is 27.5 Å². The molecule has 0 atom stereocenters. The van der Waals surface area contributed by atoms with Gasteiger partial charge in [-0.1, -0.05) is 24.9 Å². The Morgan fingerprint density at radius 2 is 2.05 bits per heavy atom. The van der Waals surface area contributed by atoms with E-state index in [1.807, 2.05) is 0 Å². The van der Waals surface area contributed by atoms with Gasteiger partial charge in [0, 0.05) is 16.7 Å². The van der Waals surface area contributed by atoms with Crippen LogP contribution in [0.15, 0.2) is 21.6 Å². The topological polar surface area (TPSA) is 59.1 Å². The van der Waals surface area contributed by atoms with Crippen molar-refractivity contribution in [2.24, 2.45) is 5.92 Å². The minimum Gasteiger partial charge on any atom is -0.242 e. The lowest BCUT2D eigenvalue weighted by molar-refractivity contribution is 0.306. The Morgan fingerprint density at radius 3 is 2.65 bits per heavy atom. The summed E-state index contributed by atoms with van der Waals surface area (Å²) in [5.74, 6) is 0.729. The van der Waals surface area contributed by atoms with Gasteiger partial charge in [0.1, 0.15) is 10.0 Å². The van der Waals surface area contributed by atoms with E-state index < -0.39 is 10.0 Å². The van der Waals surface area contributed by atoms with E-state index in [-0.39, 0.29) is 16.1 Å². The molecule has 0 unspecified atom stereocenters. The lowest BCUT2D eigenvalue weighted by atomic mass is 9.85. The molecule has 1 aliphatic rings. The number of halogens is 2. The number of aromatic nitrogens is 1. The van der Waals surface area contributed by atoms with Gasteiger partial charge in [-0.05, 0) is 53.6 Å². The van der Waals surface area contributed by atoms with E-state index in [0.717, 1.165) is 31.6 Å². The zero-order valence-electron chi connectivity index (χ0n) is 11.3. The molecule has 0 radical (unpaired) electrons. The molecule has 0 bridgehead atoms. The average Bonchev–Trinajstić information content (AvgIpc) is 2.42. The predicted octanol–water partition coefficient (Wildman–Crippen LogP) is 3.74. The van der Waals surface area contributed by atoms with Crippen molar-refractivity contribution < 1.29 is 8.42 Å². The number of sulfonamides is 1. The molecular weight excluding hydrogens is 364 g/mol. The van der Waals surface area contributed by atoms with Gasteiger partial charge in [-0.15, -0.1) is 0 Å². The smallest absolute Gasteiger partial charge is 0.242 e. The van der Waals surface area contributed by atoms with Crippen LogP contribution in [0.1, 0.15) is 39.0 Å². The summed E-state index contributed by atoms with van der Waals surface area (Å²) in [5.41, 5.74) is 0. The number of rotatable bonds is 4. The molecule has 0 saturated heterocycles. The molecule has 112 valence electrons. The summed E-state index contributed by atoms with van der Waals surface area (Å²) in [6.45, 7) is 2.18. The van der Waals surface area contributed by atoms with Crippen LogP contribution in [0, 0.1) is 5.92 Å². The summed E-state index contributed by atoms with van der Waals surface area (Å²) < 4.78 is 28.1. The highest BCUT2D eigenvalue weighted by Gasteiger charge is 2.26. The monoisotopic (exact) mass is 380 g/mol. The number of hydrogen-bond acceptors (Lipinski definition) is 3. The van der Waals surface area contributed by atoms with Crippen molar-refractivity contribution >= 4 is 37.6 Å². The summed E-state index contributed by atoms with van der Waals surface area (Å²) >= 11 is 9.11. The second-order valence-electron chi connectivity index (χ2n) is 5.19. The highest BCUT2D eigenvalue weighted by atomic mass is 79.9. The van der Waals surface area contributed by atoms with E-state index in [1.165, 1.54) is 18.7 Å². The molecule has 1 aromatic heterocycles. The third-order valence-corrected chi connectivity index (χ3v) is 6.19. The largest absolute Gasteiger partial charge is 0.243 e. The fourth-order valence-corrected chi connectivity index (χ4v) is 4.81. The summed E-state index contributed by atoms with van der Waals surface area (Å²) in [6.07, 6.45) is 6.57. The van der Waals surface area contributed by atoms with Crippen molar-refractivity contribution in [2.45, 2.75) is 50.0 Å². The summed E-state index contributed by atoms with van der Waals surface area (Å²) in [4.78, 5) is 3.90. The van der Waals surface area contributed by atoms with Crippen molar-refractivity contribution in [3.63, 3.8) is 0 Å². The van der Waals surface area contributed by atoms with Gasteiger partial charge in [0.05, 0.1) is 0 Å². The fraction of sp³-hybridized carbons (Fsp3) is 0.615. The number of pyridine rings is 1. The van der Waals surface area contributed by atoms with Crippen LogP contribution in [0.25, 0.3) is 0 Å². The molecule has 0 spiro atoms. The Morgan fingerprint density at radius 1 is 1.40 bits per heavy atom. The highest BCUT2D eigenvalue weighted by Crippen LogP contribution is 2.28. The van der Waals surface area contributed by atoms with E-state index in [4.69, 9.17) is 11.6 Å². The molecule has 2 rings (SSSR count). The van der Waals surface area contributed by atoms with E-state index >= 15 is 0 Å². The van der Waals surface area contributed by atoms with Crippen LogP contribution in [0.3, 0.4) is 0 Å². The summed E-state index contributed by atoms with van der Waals surface area (Å²) in [6, 6.07) is 1.48. The zero-order valence-corrected chi connectivity index (χ0v) is 14.4. The predicted molar refractivity (Wildman–Crippen MR) is 83.3 cm³/mol. The maximum atomic E-state index is 12.4. The van der Waals surface area contributed by atoms with Crippen LogP contribution in [0.2, 0.25) is 5.15 Å². The second kappa shape index (κ2) is 6.73. The molecule has 4 nitrogen and oxygen atoms in total. The van der Waals surface area contributed by atoms with Crippen molar-refractivity contribution in [3.8, 4) is 0 Å². The van der Waals surface area contributed by atoms with Gasteiger partial charge in [-0.25, -0.2) is 18.1 Å². The minimum atomic E-state index is -3.61. The van der Waals surface area contributed by atoms with Gasteiger partial charge >= 0.3 is 0 Å². The Hall–Kier alpha value is -0.170. The normalized spacial score (nSPS) is 23.8. The molecular formula is C13H18BrClN2O2S. The molecule has 0 amide bonds. The minimum absolute atomic E-state index is 0.00199. The lowest BCUT2D eigenvalue weighted by Gasteiger charge is -2.28. The molecule has 0 aliphatic heterocycles. The number of nitrogens with one attached hydrogen (secondary N) is 1. The van der Waals surface area contributed by atoms with Crippen LogP contribution in [0.5, 0.6) is 0 Å². The van der Waals surface area contributed by atoms with Crippen molar-refractivity contribution in [2.75, 3.05) is 0 Å². The van der Waals surface area contributed by atoms with Crippen molar-refractivity contribution in [1.29, 1.82) is 0 Å². The average molecular weight is 382 g/mol. The van der Waals surface area contributed by atoms with Crippen molar-refractivity contribution in [3.05, 3.63) is 21.9 Å². The fourth-order valence-electron chi connectivity index (χ4n) is 2.56. The van der Waals surface area contributed by atoms with E-state index in [9.17, 15) is 8.42 Å². The molecule has 20 heavy (non-hydrogen) atoms. The first-order valence-corrected chi connectivity index (χ1v) is 9.41. The van der Waals surface area contributed by atoms with Gasteiger partial charge in [0.25, 0.3) is 0 Å². The second-order valence-corrected chi connectivity index (χ2v) is 8.15. The van der Waals surface area contributed by atoms with Crippen LogP contribution < -0.4 is 4.72 Å². The Labute approximate surface area is 133 Å². The number of hydrogen-bond donors (Lipinski definition) is 1. The maximum Gasteiger partial charge on any atom is 0.243 e. The lowest BCUT2D eigenvalue weighted by Crippen LogP contribution is -2.37. The molecule has 0 aromatic carbocycles. The molecule has 1 aliphatic carbocycles. The molecule has 1 N–H and O–H groups in total. The van der Waals surface area contributed by atoms with Gasteiger partial charge < -0.3 is 0 Å². The molecule has 1 fully saturated rings. The molecule has 1 saturated carbocycles. The summed E-state index contributed by atoms with van der Waals surface area (Å²) in [5, 5.41) is 0.00273. The van der Waals surface area contributed by atoms with Crippen LogP contribution in [-0.4, -0.2) is 19.4 Å². The first kappa shape index (κ1) is 16.2. The summed E-state index contributed by atoms with van der Waals surface area (Å²) in [7, 11) is -3.61. The first-order chi connectivity index (χ1) is 9.42. The molecule has 7 heteroatoms. The van der Waals surface area contributed by atoms with Gasteiger partial charge in [0.15, 0.2) is 0 Å². The van der Waals surface area contributed by atoms with Crippen molar-refractivity contribution in [1.82, 2.24) is 9.71 Å². The number of nitrogens with zero attached hydrogens (tertiary/aromatic N) is 1. The van der Waals surface area contributed by atoms with Gasteiger partial charge in [-0.3, -0.25) is 0 Å². The van der Waals surface area contributed by atoms with Crippen LogP contribution in [0.4, 0.5) is 0 Å². The SMILES string of the molecule is CCC1CCC(NS(=O)(=O)c2cc(Br)cnc2Cl)CC1.